The first-order valence-corrected chi connectivity index (χ1v) is 11.4. The average Bonchev–Trinajstić information content (AvgIpc) is 3.23. The Hall–Kier alpha value is -2.97. The van der Waals surface area contributed by atoms with Gasteiger partial charge in [-0.05, 0) is 75.6 Å². The summed E-state index contributed by atoms with van der Waals surface area (Å²) < 4.78 is 5.67. The summed E-state index contributed by atoms with van der Waals surface area (Å²) in [6.07, 6.45) is 9.19. The van der Waals surface area contributed by atoms with E-state index in [-0.39, 0.29) is 5.41 Å². The number of aromatic nitrogens is 1. The van der Waals surface area contributed by atoms with Crippen molar-refractivity contribution in [2.45, 2.75) is 64.6 Å². The molecule has 0 saturated heterocycles. The summed E-state index contributed by atoms with van der Waals surface area (Å²) in [6.45, 7) is 5.94. The number of fused-ring (bicyclic) bond motifs is 3. The van der Waals surface area contributed by atoms with E-state index in [1.54, 1.807) is 0 Å². The number of ether oxygens (including phenoxy) is 1. The molecule has 164 valence electrons. The first-order valence-electron chi connectivity index (χ1n) is 11.4. The highest BCUT2D eigenvalue weighted by Crippen LogP contribution is 2.62. The Morgan fingerprint density at radius 3 is 2.56 bits per heavy atom. The maximum absolute atomic E-state index is 6.33. The standard InChI is InChI=1S/C27H30N4O/c1-5-6-21-15-29-16-23(17(21)2)19-7-8-20-14-26(11-9-22(32-4)10-12-26)27(24(20)13-19)30-18(3)25(28)31-27/h7-8,13,15-16,22H,9-12,14H2,1-4H3,(H2,28,31). The van der Waals surface area contributed by atoms with Crippen LogP contribution in [0.15, 0.2) is 40.6 Å². The minimum Gasteiger partial charge on any atom is -0.382 e. The maximum atomic E-state index is 6.33. The van der Waals surface area contributed by atoms with Crippen molar-refractivity contribution < 1.29 is 4.74 Å². The molecule has 1 atom stereocenters. The number of hydrogen-bond acceptors (Lipinski definition) is 5. The smallest absolute Gasteiger partial charge is 0.184 e. The second-order valence-electron chi connectivity index (χ2n) is 9.37. The van der Waals surface area contributed by atoms with Crippen LogP contribution in [0.2, 0.25) is 0 Å². The van der Waals surface area contributed by atoms with Gasteiger partial charge in [-0.25, -0.2) is 4.99 Å². The van der Waals surface area contributed by atoms with Crippen LogP contribution in [-0.2, 0) is 16.8 Å². The van der Waals surface area contributed by atoms with Gasteiger partial charge in [0.1, 0.15) is 5.84 Å². The molecule has 0 amide bonds. The van der Waals surface area contributed by atoms with Gasteiger partial charge in [0.25, 0.3) is 0 Å². The summed E-state index contributed by atoms with van der Waals surface area (Å²) >= 11 is 0. The number of hydrogen-bond donors (Lipinski definition) is 1. The van der Waals surface area contributed by atoms with Gasteiger partial charge in [0.05, 0.1) is 11.8 Å². The summed E-state index contributed by atoms with van der Waals surface area (Å²) in [5, 5.41) is 0. The molecular weight excluding hydrogens is 396 g/mol. The Bertz CT molecular complexity index is 1190. The predicted octanol–water partition coefficient (Wildman–Crippen LogP) is 4.54. The molecule has 3 aliphatic rings. The zero-order valence-corrected chi connectivity index (χ0v) is 19.3. The Balaban J connectivity index is 1.66. The van der Waals surface area contributed by atoms with E-state index >= 15 is 0 Å². The normalized spacial score (nSPS) is 28.3. The summed E-state index contributed by atoms with van der Waals surface area (Å²) in [5.41, 5.74) is 13.3. The van der Waals surface area contributed by atoms with Gasteiger partial charge in [0.2, 0.25) is 0 Å². The van der Waals surface area contributed by atoms with Crippen molar-refractivity contribution in [3.05, 3.63) is 52.8 Å². The molecule has 2 aromatic rings. The SMILES string of the molecule is CC#Cc1cncc(-c2ccc3c(c2)C2(N=C(C)C(N)=N2)C2(CCC(OC)CC2)C3)c1C. The third kappa shape index (κ3) is 2.93. The van der Waals surface area contributed by atoms with Gasteiger partial charge in [0.15, 0.2) is 5.66 Å². The molecule has 32 heavy (non-hydrogen) atoms. The number of nitrogens with zero attached hydrogens (tertiary/aromatic N) is 3. The Morgan fingerprint density at radius 2 is 1.91 bits per heavy atom. The van der Waals surface area contributed by atoms with E-state index in [1.807, 2.05) is 33.4 Å². The highest BCUT2D eigenvalue weighted by molar-refractivity contribution is 6.41. The fraction of sp³-hybridized carbons (Fsp3) is 0.444. The average molecular weight is 427 g/mol. The number of amidine groups is 1. The molecule has 1 saturated carbocycles. The van der Waals surface area contributed by atoms with Gasteiger partial charge < -0.3 is 10.5 Å². The van der Waals surface area contributed by atoms with Crippen LogP contribution in [0.5, 0.6) is 0 Å². The predicted molar refractivity (Wildman–Crippen MR) is 129 cm³/mol. The van der Waals surface area contributed by atoms with Gasteiger partial charge >= 0.3 is 0 Å². The van der Waals surface area contributed by atoms with Crippen molar-refractivity contribution in [3.8, 4) is 23.0 Å². The lowest BCUT2D eigenvalue weighted by molar-refractivity contribution is -0.000372. The molecule has 2 heterocycles. The topological polar surface area (TPSA) is 72.9 Å². The van der Waals surface area contributed by atoms with Crippen LogP contribution in [0, 0.1) is 24.2 Å². The third-order valence-electron chi connectivity index (χ3n) is 7.75. The second-order valence-corrected chi connectivity index (χ2v) is 9.37. The van der Waals surface area contributed by atoms with Gasteiger partial charge in [-0.2, -0.15) is 0 Å². The van der Waals surface area contributed by atoms with E-state index < -0.39 is 5.66 Å². The number of pyridine rings is 1. The maximum Gasteiger partial charge on any atom is 0.184 e. The van der Waals surface area contributed by atoms with E-state index in [2.05, 4.69) is 41.9 Å². The lowest BCUT2D eigenvalue weighted by Crippen LogP contribution is -2.43. The Morgan fingerprint density at radius 1 is 1.12 bits per heavy atom. The zero-order valence-electron chi connectivity index (χ0n) is 19.3. The fourth-order valence-electron chi connectivity index (χ4n) is 5.92. The highest BCUT2D eigenvalue weighted by Gasteiger charge is 2.60. The first-order chi connectivity index (χ1) is 15.4. The van der Waals surface area contributed by atoms with Crippen LogP contribution in [0.4, 0.5) is 0 Å². The van der Waals surface area contributed by atoms with Gasteiger partial charge in [-0.1, -0.05) is 18.1 Å². The van der Waals surface area contributed by atoms with E-state index in [0.717, 1.165) is 60.1 Å². The second kappa shape index (κ2) is 7.56. The molecule has 5 rings (SSSR count). The van der Waals surface area contributed by atoms with Crippen molar-refractivity contribution in [3.63, 3.8) is 0 Å². The van der Waals surface area contributed by atoms with E-state index in [1.165, 1.54) is 11.1 Å². The molecule has 2 spiro atoms. The van der Waals surface area contributed by atoms with Crippen LogP contribution in [0.3, 0.4) is 0 Å². The number of aliphatic imine (C=N–C) groups is 2. The van der Waals surface area contributed by atoms with Crippen LogP contribution in [0.25, 0.3) is 11.1 Å². The zero-order chi connectivity index (χ0) is 22.5. The number of benzene rings is 1. The van der Waals surface area contributed by atoms with E-state index in [9.17, 15) is 0 Å². The van der Waals surface area contributed by atoms with Crippen LogP contribution >= 0.6 is 0 Å². The van der Waals surface area contributed by atoms with Gasteiger partial charge in [-0.3, -0.25) is 9.98 Å². The quantitative estimate of drug-likeness (QED) is 0.717. The molecule has 1 unspecified atom stereocenters. The Kier molecular flexibility index (Phi) is 4.94. The molecular formula is C27H30N4O. The van der Waals surface area contributed by atoms with E-state index in [4.69, 9.17) is 20.5 Å². The van der Waals surface area contributed by atoms with Crippen molar-refractivity contribution in [2.24, 2.45) is 21.1 Å². The molecule has 2 N–H and O–H groups in total. The Labute approximate surface area is 190 Å². The molecule has 1 aliphatic heterocycles. The molecule has 0 bridgehead atoms. The fourth-order valence-corrected chi connectivity index (χ4v) is 5.92. The van der Waals surface area contributed by atoms with Gasteiger partial charge in [0, 0.05) is 41.6 Å². The molecule has 5 nitrogen and oxygen atoms in total. The van der Waals surface area contributed by atoms with Crippen LogP contribution < -0.4 is 5.73 Å². The largest absolute Gasteiger partial charge is 0.382 e. The highest BCUT2D eigenvalue weighted by atomic mass is 16.5. The molecule has 1 aromatic carbocycles. The molecule has 5 heteroatoms. The van der Waals surface area contributed by atoms with Crippen molar-refractivity contribution in [1.29, 1.82) is 0 Å². The summed E-state index contributed by atoms with van der Waals surface area (Å²) in [6, 6.07) is 6.74. The monoisotopic (exact) mass is 426 g/mol. The summed E-state index contributed by atoms with van der Waals surface area (Å²) in [4.78, 5) is 14.7. The van der Waals surface area contributed by atoms with E-state index in [0.29, 0.717) is 11.9 Å². The number of rotatable bonds is 2. The van der Waals surface area contributed by atoms with Crippen LogP contribution in [-0.4, -0.2) is 29.7 Å². The van der Waals surface area contributed by atoms with Gasteiger partial charge in [-0.15, -0.1) is 5.92 Å². The minimum absolute atomic E-state index is 0.0474. The molecule has 1 fully saturated rings. The number of methoxy groups -OCH3 is 1. The summed E-state index contributed by atoms with van der Waals surface area (Å²) in [7, 11) is 1.81. The minimum atomic E-state index is -0.632. The lowest BCUT2D eigenvalue weighted by Gasteiger charge is -2.44. The lowest BCUT2D eigenvalue weighted by atomic mass is 9.65. The van der Waals surface area contributed by atoms with Crippen molar-refractivity contribution >= 4 is 11.5 Å². The third-order valence-corrected chi connectivity index (χ3v) is 7.75. The molecule has 1 aromatic heterocycles. The van der Waals surface area contributed by atoms with Crippen molar-refractivity contribution in [1.82, 2.24) is 4.98 Å². The van der Waals surface area contributed by atoms with Crippen LogP contribution in [0.1, 0.15) is 61.8 Å². The number of nitrogens with two attached hydrogens (primary N) is 1. The molecule has 2 aliphatic carbocycles. The first kappa shape index (κ1) is 20.9. The van der Waals surface area contributed by atoms with Crippen molar-refractivity contribution in [2.75, 3.05) is 7.11 Å². The summed E-state index contributed by atoms with van der Waals surface area (Å²) in [5.74, 6) is 6.73. The molecule has 0 radical (unpaired) electrons.